The molecule has 1 amide bonds. The molecule has 0 bridgehead atoms. The Morgan fingerprint density at radius 2 is 2.10 bits per heavy atom. The van der Waals surface area contributed by atoms with E-state index in [2.05, 4.69) is 34.5 Å². The zero-order valence-electron chi connectivity index (χ0n) is 17.5. The number of hydrogen-bond donors (Lipinski definition) is 1. The third-order valence-electron chi connectivity index (χ3n) is 6.90. The summed E-state index contributed by atoms with van der Waals surface area (Å²) in [6, 6.07) is 8.25. The van der Waals surface area contributed by atoms with Crippen molar-refractivity contribution in [2.75, 3.05) is 5.32 Å². The summed E-state index contributed by atoms with van der Waals surface area (Å²) in [5.41, 5.74) is 2.20. The molecule has 158 valence electrons. The van der Waals surface area contributed by atoms with E-state index in [1.165, 1.54) is 0 Å². The highest BCUT2D eigenvalue weighted by atomic mass is 35.5. The average molecular weight is 434 g/mol. The van der Waals surface area contributed by atoms with Crippen LogP contribution in [0.3, 0.4) is 0 Å². The lowest BCUT2D eigenvalue weighted by Crippen LogP contribution is -2.20. The summed E-state index contributed by atoms with van der Waals surface area (Å²) in [7, 11) is 1.89. The van der Waals surface area contributed by atoms with Crippen molar-refractivity contribution in [3.05, 3.63) is 52.9 Å². The first kappa shape index (κ1) is 20.0. The number of rotatable bonds is 5. The van der Waals surface area contributed by atoms with Gasteiger partial charge in [0, 0.05) is 47.6 Å². The fourth-order valence-corrected chi connectivity index (χ4v) is 5.38. The minimum absolute atomic E-state index is 0.0117. The van der Waals surface area contributed by atoms with Gasteiger partial charge in [0.15, 0.2) is 0 Å². The first-order valence-corrected chi connectivity index (χ1v) is 11.1. The highest BCUT2D eigenvalue weighted by molar-refractivity contribution is 6.32. The van der Waals surface area contributed by atoms with Gasteiger partial charge >= 0.3 is 0 Å². The fourth-order valence-electron chi connectivity index (χ4n) is 5.06. The molecule has 0 spiro atoms. The van der Waals surface area contributed by atoms with Crippen molar-refractivity contribution in [1.82, 2.24) is 14.8 Å². The number of aromatic nitrogens is 3. The number of aryl methyl sites for hydroxylation is 1. The summed E-state index contributed by atoms with van der Waals surface area (Å²) >= 11 is 6.50. The zero-order valence-corrected chi connectivity index (χ0v) is 18.3. The van der Waals surface area contributed by atoms with E-state index in [9.17, 15) is 4.79 Å². The number of nitrogens with zero attached hydrogens (tertiary/aromatic N) is 4. The highest BCUT2D eigenvalue weighted by Crippen LogP contribution is 2.56. The number of fused-ring (bicyclic) bond motifs is 1. The molecule has 31 heavy (non-hydrogen) atoms. The Balaban J connectivity index is 1.35. The number of anilines is 1. The van der Waals surface area contributed by atoms with Crippen LogP contribution in [0, 0.1) is 29.1 Å². The zero-order chi connectivity index (χ0) is 21.7. The van der Waals surface area contributed by atoms with Crippen LogP contribution in [0.4, 0.5) is 5.82 Å². The summed E-state index contributed by atoms with van der Waals surface area (Å²) < 4.78 is 1.78. The molecule has 0 saturated heterocycles. The number of halogens is 1. The van der Waals surface area contributed by atoms with E-state index in [4.69, 9.17) is 16.9 Å². The van der Waals surface area contributed by atoms with Crippen molar-refractivity contribution in [3.8, 4) is 6.07 Å². The van der Waals surface area contributed by atoms with Gasteiger partial charge in [0.1, 0.15) is 5.82 Å². The number of carbonyl (C=O) groups is 1. The van der Waals surface area contributed by atoms with Gasteiger partial charge in [0.2, 0.25) is 5.91 Å². The minimum atomic E-state index is -0.0506. The number of nitriles is 1. The predicted octanol–water partition coefficient (Wildman–Crippen LogP) is 5.02. The van der Waals surface area contributed by atoms with Gasteiger partial charge in [-0.15, -0.1) is 0 Å². The highest BCUT2D eigenvalue weighted by Gasteiger charge is 2.54. The maximum atomic E-state index is 13.0. The number of pyridine rings is 1. The van der Waals surface area contributed by atoms with Crippen LogP contribution in [0.5, 0.6) is 0 Å². The number of hydrogen-bond acceptors (Lipinski definition) is 4. The molecular weight excluding hydrogens is 410 g/mol. The van der Waals surface area contributed by atoms with E-state index in [1.54, 1.807) is 10.9 Å². The number of amides is 1. The van der Waals surface area contributed by atoms with Crippen LogP contribution in [0.15, 0.2) is 36.8 Å². The van der Waals surface area contributed by atoms with E-state index in [-0.39, 0.29) is 23.7 Å². The quantitative estimate of drug-likeness (QED) is 0.612. The monoisotopic (exact) mass is 433 g/mol. The van der Waals surface area contributed by atoms with Gasteiger partial charge in [-0.25, -0.2) is 4.98 Å². The minimum Gasteiger partial charge on any atom is -0.310 e. The molecule has 7 heteroatoms. The molecule has 3 aromatic rings. The van der Waals surface area contributed by atoms with Crippen molar-refractivity contribution in [2.45, 2.75) is 38.0 Å². The van der Waals surface area contributed by atoms with Crippen molar-refractivity contribution in [2.24, 2.45) is 24.8 Å². The summed E-state index contributed by atoms with van der Waals surface area (Å²) in [5, 5.41) is 19.0. The summed E-state index contributed by atoms with van der Waals surface area (Å²) in [6.45, 7) is 2.12. The Hall–Kier alpha value is -2.91. The Labute approximate surface area is 186 Å². The van der Waals surface area contributed by atoms with Crippen molar-refractivity contribution < 1.29 is 4.79 Å². The Bertz CT molecular complexity index is 1210. The van der Waals surface area contributed by atoms with Crippen LogP contribution in [0.1, 0.15) is 49.1 Å². The smallest absolute Gasteiger partial charge is 0.229 e. The number of nitrogens with one attached hydrogen (secondary N) is 1. The van der Waals surface area contributed by atoms with Gasteiger partial charge in [-0.1, -0.05) is 24.9 Å². The first-order valence-electron chi connectivity index (χ1n) is 10.8. The van der Waals surface area contributed by atoms with Gasteiger partial charge in [0.25, 0.3) is 0 Å². The average Bonchev–Trinajstić information content (AvgIpc) is 3.31. The summed E-state index contributed by atoms with van der Waals surface area (Å²) in [5.74, 6) is 1.52. The molecule has 2 aromatic heterocycles. The third kappa shape index (κ3) is 3.57. The second-order valence-corrected chi connectivity index (χ2v) is 9.25. The molecular formula is C24H24ClN5O. The van der Waals surface area contributed by atoms with E-state index >= 15 is 0 Å². The van der Waals surface area contributed by atoms with E-state index in [0.717, 1.165) is 46.2 Å². The van der Waals surface area contributed by atoms with Gasteiger partial charge in [0.05, 0.1) is 12.3 Å². The molecule has 0 aliphatic heterocycles. The standard InChI is InChI=1S/C24H24ClN5O/c1-3-18-22(17-11-28-30(2)12-17)23(18)24(31)29-21-8-14-6-19(15-4-13(5-15)9-26)20(25)7-16(14)10-27-21/h6-8,10-13,15,18,22-23H,3-5H2,1-2H3,(H,27,29,31)/t13-,15+,18-,22+,23+/m0/s1. The maximum Gasteiger partial charge on any atom is 0.229 e. The molecule has 6 nitrogen and oxygen atoms in total. The molecule has 2 saturated carbocycles. The molecule has 2 aliphatic rings. The van der Waals surface area contributed by atoms with E-state index in [0.29, 0.717) is 17.7 Å². The fraction of sp³-hybridized carbons (Fsp3) is 0.417. The van der Waals surface area contributed by atoms with Gasteiger partial charge in [-0.3, -0.25) is 9.48 Å². The van der Waals surface area contributed by atoms with Gasteiger partial charge in [-0.2, -0.15) is 10.4 Å². The van der Waals surface area contributed by atoms with Crippen LogP contribution in [0.25, 0.3) is 10.8 Å². The normalized spacial score (nSPS) is 26.8. The molecule has 1 N–H and O–H groups in total. The molecule has 2 fully saturated rings. The molecule has 5 rings (SSSR count). The Kier molecular flexibility index (Phi) is 4.94. The van der Waals surface area contributed by atoms with Gasteiger partial charge in [-0.05, 0) is 59.4 Å². The van der Waals surface area contributed by atoms with Crippen LogP contribution in [0.2, 0.25) is 5.02 Å². The van der Waals surface area contributed by atoms with Crippen LogP contribution >= 0.6 is 11.6 Å². The molecule has 3 atom stereocenters. The topological polar surface area (TPSA) is 83.6 Å². The van der Waals surface area contributed by atoms with Crippen LogP contribution < -0.4 is 5.32 Å². The van der Waals surface area contributed by atoms with Crippen LogP contribution in [-0.2, 0) is 11.8 Å². The first-order chi connectivity index (χ1) is 15.0. The Morgan fingerprint density at radius 1 is 1.29 bits per heavy atom. The van der Waals surface area contributed by atoms with E-state index < -0.39 is 0 Å². The van der Waals surface area contributed by atoms with Crippen LogP contribution in [-0.4, -0.2) is 20.7 Å². The van der Waals surface area contributed by atoms with Crippen molar-refractivity contribution >= 4 is 34.1 Å². The molecule has 0 unspecified atom stereocenters. The number of benzene rings is 1. The largest absolute Gasteiger partial charge is 0.310 e. The molecule has 2 aliphatic carbocycles. The molecule has 0 radical (unpaired) electrons. The SMILES string of the molecule is CC[C@@H]1[C@@H](C(=O)Nc2cc3cc([C@H]4C[C@@H](C#N)C4)c(Cl)cc3cn2)[C@@H]1c1cnn(C)c1. The van der Waals surface area contributed by atoms with Gasteiger partial charge < -0.3 is 5.32 Å². The second kappa shape index (κ2) is 7.65. The van der Waals surface area contributed by atoms with Crippen molar-refractivity contribution in [1.29, 1.82) is 5.26 Å². The third-order valence-corrected chi connectivity index (χ3v) is 7.23. The lowest BCUT2D eigenvalue weighted by atomic mass is 9.72. The Morgan fingerprint density at radius 3 is 2.77 bits per heavy atom. The lowest BCUT2D eigenvalue weighted by Gasteiger charge is -2.31. The van der Waals surface area contributed by atoms with E-state index in [1.807, 2.05) is 31.6 Å². The molecule has 1 aromatic carbocycles. The maximum absolute atomic E-state index is 13.0. The second-order valence-electron chi connectivity index (χ2n) is 8.85. The predicted molar refractivity (Wildman–Crippen MR) is 120 cm³/mol. The molecule has 2 heterocycles. The van der Waals surface area contributed by atoms with Crippen molar-refractivity contribution in [3.63, 3.8) is 0 Å². The summed E-state index contributed by atoms with van der Waals surface area (Å²) in [4.78, 5) is 17.4. The number of carbonyl (C=O) groups excluding carboxylic acids is 1. The summed E-state index contributed by atoms with van der Waals surface area (Å²) in [6.07, 6.45) is 8.27. The lowest BCUT2D eigenvalue weighted by molar-refractivity contribution is -0.117.